The van der Waals surface area contributed by atoms with Crippen molar-refractivity contribution in [2.24, 2.45) is 5.92 Å². The van der Waals surface area contributed by atoms with Crippen LogP contribution in [0.1, 0.15) is 37.6 Å². The number of carbonyl (C=O) groups excluding carboxylic acids is 1. The highest BCUT2D eigenvalue weighted by Crippen LogP contribution is 2.22. The van der Waals surface area contributed by atoms with Crippen LogP contribution in [0, 0.1) is 5.92 Å². The maximum Gasteiger partial charge on any atom is 0.222 e. The second-order valence-corrected chi connectivity index (χ2v) is 5.91. The van der Waals surface area contributed by atoms with Crippen LogP contribution in [0.3, 0.4) is 0 Å². The molecule has 4 heteroatoms. The third-order valence-corrected chi connectivity index (χ3v) is 4.11. The van der Waals surface area contributed by atoms with Gasteiger partial charge in [0.05, 0.1) is 6.04 Å². The van der Waals surface area contributed by atoms with Gasteiger partial charge in [0.1, 0.15) is 0 Å². The molecule has 3 nitrogen and oxygen atoms in total. The fraction of sp³-hybridized carbons (Fsp3) is 0.643. The van der Waals surface area contributed by atoms with E-state index >= 15 is 0 Å². The molecule has 102 valence electrons. The number of carbonyl (C=O) groups is 1. The summed E-state index contributed by atoms with van der Waals surface area (Å²) in [5.74, 6) is 0.279. The lowest BCUT2D eigenvalue weighted by Crippen LogP contribution is -2.36. The molecule has 0 bridgehead atoms. The standard InChI is InChI=1S/C14H24N2OS/c1-5-7-11(2)14(17)15-10-12(16(3)4)13-8-6-9-18-13/h6,8-9,11-12H,5,7,10H2,1-4H3,(H,15,17). The number of likely N-dealkylation sites (N-methyl/N-ethyl adjacent to an activating group) is 1. The highest BCUT2D eigenvalue weighted by atomic mass is 32.1. The average Bonchev–Trinajstić information content (AvgIpc) is 2.82. The summed E-state index contributed by atoms with van der Waals surface area (Å²) in [7, 11) is 4.10. The van der Waals surface area contributed by atoms with Gasteiger partial charge in [0.2, 0.25) is 5.91 Å². The van der Waals surface area contributed by atoms with Crippen molar-refractivity contribution in [3.8, 4) is 0 Å². The number of amides is 1. The minimum Gasteiger partial charge on any atom is -0.354 e. The molecule has 1 aromatic heterocycles. The van der Waals surface area contributed by atoms with Gasteiger partial charge in [-0.2, -0.15) is 0 Å². The lowest BCUT2D eigenvalue weighted by molar-refractivity contribution is -0.124. The fourth-order valence-corrected chi connectivity index (χ4v) is 2.88. The van der Waals surface area contributed by atoms with Gasteiger partial charge in [-0.1, -0.05) is 26.3 Å². The van der Waals surface area contributed by atoms with Gasteiger partial charge in [-0.05, 0) is 32.0 Å². The summed E-state index contributed by atoms with van der Waals surface area (Å²) < 4.78 is 0. The van der Waals surface area contributed by atoms with E-state index in [-0.39, 0.29) is 17.9 Å². The molecule has 0 radical (unpaired) electrons. The van der Waals surface area contributed by atoms with Crippen LogP contribution in [0.5, 0.6) is 0 Å². The second-order valence-electron chi connectivity index (χ2n) is 4.93. The van der Waals surface area contributed by atoms with E-state index in [1.54, 1.807) is 11.3 Å². The Bertz CT molecular complexity index is 349. The number of hydrogen-bond acceptors (Lipinski definition) is 3. The summed E-state index contributed by atoms with van der Waals surface area (Å²) in [6, 6.07) is 4.44. The van der Waals surface area contributed by atoms with E-state index in [4.69, 9.17) is 0 Å². The molecule has 1 heterocycles. The Morgan fingerprint density at radius 1 is 1.50 bits per heavy atom. The molecule has 2 atom stereocenters. The topological polar surface area (TPSA) is 32.3 Å². The Labute approximate surface area is 114 Å². The highest BCUT2D eigenvalue weighted by molar-refractivity contribution is 7.10. The first kappa shape index (κ1) is 15.2. The Morgan fingerprint density at radius 3 is 2.72 bits per heavy atom. The molecule has 0 saturated heterocycles. The maximum absolute atomic E-state index is 11.9. The first-order chi connectivity index (χ1) is 8.56. The Morgan fingerprint density at radius 2 is 2.22 bits per heavy atom. The summed E-state index contributed by atoms with van der Waals surface area (Å²) in [6.07, 6.45) is 2.01. The molecule has 1 aromatic rings. The molecule has 0 fully saturated rings. The molecular weight excluding hydrogens is 244 g/mol. The van der Waals surface area contributed by atoms with Crippen molar-refractivity contribution in [2.45, 2.75) is 32.7 Å². The van der Waals surface area contributed by atoms with Crippen LogP contribution in [0.25, 0.3) is 0 Å². The monoisotopic (exact) mass is 268 g/mol. The highest BCUT2D eigenvalue weighted by Gasteiger charge is 2.18. The number of nitrogens with zero attached hydrogens (tertiary/aromatic N) is 1. The van der Waals surface area contributed by atoms with Crippen LogP contribution in [-0.2, 0) is 4.79 Å². The summed E-state index contributed by atoms with van der Waals surface area (Å²) in [4.78, 5) is 15.3. The molecule has 0 aliphatic carbocycles. The fourth-order valence-electron chi connectivity index (χ4n) is 1.95. The van der Waals surface area contributed by atoms with Gasteiger partial charge >= 0.3 is 0 Å². The predicted molar refractivity (Wildman–Crippen MR) is 77.8 cm³/mol. The average molecular weight is 268 g/mol. The minimum absolute atomic E-state index is 0.112. The molecule has 0 saturated carbocycles. The van der Waals surface area contributed by atoms with E-state index < -0.39 is 0 Å². The molecule has 18 heavy (non-hydrogen) atoms. The van der Waals surface area contributed by atoms with Crippen LogP contribution in [0.4, 0.5) is 0 Å². The number of nitrogens with one attached hydrogen (secondary N) is 1. The molecule has 0 aliphatic heterocycles. The molecule has 0 spiro atoms. The number of rotatable bonds is 7. The van der Waals surface area contributed by atoms with Crippen LogP contribution in [-0.4, -0.2) is 31.4 Å². The number of thiophene rings is 1. The van der Waals surface area contributed by atoms with Crippen molar-refractivity contribution in [3.05, 3.63) is 22.4 Å². The van der Waals surface area contributed by atoms with Crippen molar-refractivity contribution in [2.75, 3.05) is 20.6 Å². The normalized spacial score (nSPS) is 14.5. The molecule has 2 unspecified atom stereocenters. The summed E-state index contributed by atoms with van der Waals surface area (Å²) >= 11 is 1.74. The molecule has 1 rings (SSSR count). The van der Waals surface area contributed by atoms with Crippen LogP contribution >= 0.6 is 11.3 Å². The minimum atomic E-state index is 0.112. The third-order valence-electron chi connectivity index (χ3n) is 3.13. The van der Waals surface area contributed by atoms with Gasteiger partial charge in [0.25, 0.3) is 0 Å². The summed E-state index contributed by atoms with van der Waals surface area (Å²) in [6.45, 7) is 4.78. The van der Waals surface area contributed by atoms with Crippen LogP contribution < -0.4 is 5.32 Å². The zero-order valence-corrected chi connectivity index (χ0v) is 12.6. The Balaban J connectivity index is 2.51. The first-order valence-electron chi connectivity index (χ1n) is 6.53. The zero-order valence-electron chi connectivity index (χ0n) is 11.8. The Hall–Kier alpha value is -0.870. The summed E-state index contributed by atoms with van der Waals surface area (Å²) in [5, 5.41) is 5.14. The smallest absolute Gasteiger partial charge is 0.222 e. The van der Waals surface area contributed by atoms with Gasteiger partial charge in [0, 0.05) is 17.3 Å². The summed E-state index contributed by atoms with van der Waals surface area (Å²) in [5.41, 5.74) is 0. The SMILES string of the molecule is CCCC(C)C(=O)NCC(c1cccs1)N(C)C. The van der Waals surface area contributed by atoms with E-state index in [9.17, 15) is 4.79 Å². The van der Waals surface area contributed by atoms with E-state index in [2.05, 4.69) is 34.7 Å². The number of hydrogen-bond donors (Lipinski definition) is 1. The molecular formula is C14H24N2OS. The van der Waals surface area contributed by atoms with Gasteiger partial charge in [-0.15, -0.1) is 11.3 Å². The quantitative estimate of drug-likeness (QED) is 0.824. The molecule has 0 aromatic carbocycles. The van der Waals surface area contributed by atoms with E-state index in [1.807, 2.05) is 21.0 Å². The van der Waals surface area contributed by atoms with Gasteiger partial charge in [-0.3, -0.25) is 4.79 Å². The van der Waals surface area contributed by atoms with Gasteiger partial charge in [-0.25, -0.2) is 0 Å². The second kappa shape index (κ2) is 7.54. The van der Waals surface area contributed by atoms with E-state index in [0.717, 1.165) is 12.8 Å². The van der Waals surface area contributed by atoms with Crippen LogP contribution in [0.15, 0.2) is 17.5 Å². The van der Waals surface area contributed by atoms with Crippen molar-refractivity contribution in [3.63, 3.8) is 0 Å². The van der Waals surface area contributed by atoms with Gasteiger partial charge < -0.3 is 10.2 Å². The predicted octanol–water partition coefficient (Wildman–Crippen LogP) is 2.90. The van der Waals surface area contributed by atoms with Gasteiger partial charge in [0.15, 0.2) is 0 Å². The lowest BCUT2D eigenvalue weighted by atomic mass is 10.1. The van der Waals surface area contributed by atoms with E-state index in [0.29, 0.717) is 6.54 Å². The zero-order chi connectivity index (χ0) is 13.5. The van der Waals surface area contributed by atoms with Crippen molar-refractivity contribution in [1.82, 2.24) is 10.2 Å². The molecule has 1 N–H and O–H groups in total. The molecule has 0 aliphatic rings. The largest absolute Gasteiger partial charge is 0.354 e. The Kier molecular flexibility index (Phi) is 6.36. The first-order valence-corrected chi connectivity index (χ1v) is 7.41. The lowest BCUT2D eigenvalue weighted by Gasteiger charge is -2.24. The third kappa shape index (κ3) is 4.42. The van der Waals surface area contributed by atoms with Crippen molar-refractivity contribution >= 4 is 17.2 Å². The van der Waals surface area contributed by atoms with Crippen molar-refractivity contribution in [1.29, 1.82) is 0 Å². The molecule has 1 amide bonds. The van der Waals surface area contributed by atoms with Crippen LogP contribution in [0.2, 0.25) is 0 Å². The van der Waals surface area contributed by atoms with Crippen molar-refractivity contribution < 1.29 is 4.79 Å². The van der Waals surface area contributed by atoms with E-state index in [1.165, 1.54) is 4.88 Å². The maximum atomic E-state index is 11.9.